The lowest BCUT2D eigenvalue weighted by molar-refractivity contribution is 0.0502. The molecule has 0 amide bonds. The van der Waals surface area contributed by atoms with Crippen molar-refractivity contribution in [2.45, 2.75) is 32.2 Å². The third-order valence-corrected chi connectivity index (χ3v) is 4.46. The highest BCUT2D eigenvalue weighted by Gasteiger charge is 2.33. The molecular weight excluding hydrogens is 292 g/mol. The van der Waals surface area contributed by atoms with Crippen LogP contribution in [0.15, 0.2) is 42.6 Å². The average molecular weight is 310 g/mol. The zero-order valence-electron chi connectivity index (χ0n) is 12.8. The van der Waals surface area contributed by atoms with E-state index in [1.165, 1.54) is 0 Å². The Morgan fingerprint density at radius 3 is 2.91 bits per heavy atom. The van der Waals surface area contributed by atoms with Crippen molar-refractivity contribution in [3.05, 3.63) is 65.1 Å². The maximum Gasteiger partial charge on any atom is 0.180 e. The first-order chi connectivity index (χ1) is 11.2. The van der Waals surface area contributed by atoms with Crippen LogP contribution in [0.4, 0.5) is 0 Å². The lowest BCUT2D eigenvalue weighted by atomic mass is 10.1. The fourth-order valence-electron chi connectivity index (χ4n) is 3.30. The number of imidazole rings is 1. The van der Waals surface area contributed by atoms with Crippen molar-refractivity contribution >= 4 is 5.65 Å². The lowest BCUT2D eigenvalue weighted by Crippen LogP contribution is -2.19. The second-order valence-corrected chi connectivity index (χ2v) is 5.88. The number of aromatic nitrogens is 2. The second-order valence-electron chi connectivity index (χ2n) is 5.88. The van der Waals surface area contributed by atoms with Crippen LogP contribution < -0.4 is 4.74 Å². The lowest BCUT2D eigenvalue weighted by Gasteiger charge is -2.18. The number of nitrogens with zero attached hydrogens (tertiary/aromatic N) is 2. The number of aryl methyl sites for hydroxylation is 1. The van der Waals surface area contributed by atoms with Crippen LogP contribution in [0.3, 0.4) is 0 Å². The van der Waals surface area contributed by atoms with E-state index < -0.39 is 12.2 Å². The van der Waals surface area contributed by atoms with Gasteiger partial charge >= 0.3 is 0 Å². The van der Waals surface area contributed by atoms with Crippen molar-refractivity contribution in [1.29, 1.82) is 0 Å². The summed E-state index contributed by atoms with van der Waals surface area (Å²) in [5, 5.41) is 19.9. The van der Waals surface area contributed by atoms with Crippen molar-refractivity contribution in [2.24, 2.45) is 0 Å². The van der Waals surface area contributed by atoms with Gasteiger partial charge in [0.2, 0.25) is 0 Å². The largest absolute Gasteiger partial charge is 0.479 e. The van der Waals surface area contributed by atoms with Gasteiger partial charge in [-0.1, -0.05) is 24.3 Å². The van der Waals surface area contributed by atoms with Crippen LogP contribution in [0.2, 0.25) is 0 Å². The molecule has 118 valence electrons. The summed E-state index contributed by atoms with van der Waals surface area (Å²) in [5.74, 6) is 0.607. The zero-order valence-corrected chi connectivity index (χ0v) is 12.8. The summed E-state index contributed by atoms with van der Waals surface area (Å²) in [6.07, 6.45) is 1.49. The van der Waals surface area contributed by atoms with Gasteiger partial charge in [-0.15, -0.1) is 0 Å². The summed E-state index contributed by atoms with van der Waals surface area (Å²) in [7, 11) is 0. The summed E-state index contributed by atoms with van der Waals surface area (Å²) in [6, 6.07) is 11.6. The van der Waals surface area contributed by atoms with E-state index in [4.69, 9.17) is 4.74 Å². The predicted octanol–water partition coefficient (Wildman–Crippen LogP) is 2.17. The summed E-state index contributed by atoms with van der Waals surface area (Å²) in [5.41, 5.74) is 4.32. The molecule has 1 aliphatic carbocycles. The molecule has 0 saturated carbocycles. The number of hydrogen-bond acceptors (Lipinski definition) is 4. The van der Waals surface area contributed by atoms with Crippen molar-refractivity contribution in [1.82, 2.24) is 9.38 Å². The maximum absolute atomic E-state index is 10.4. The fourth-order valence-corrected chi connectivity index (χ4v) is 3.30. The molecule has 0 unspecified atom stereocenters. The van der Waals surface area contributed by atoms with Crippen LogP contribution in [0, 0.1) is 6.92 Å². The summed E-state index contributed by atoms with van der Waals surface area (Å²) < 4.78 is 7.96. The van der Waals surface area contributed by atoms with E-state index in [0.29, 0.717) is 17.8 Å². The van der Waals surface area contributed by atoms with E-state index in [9.17, 15) is 10.2 Å². The van der Waals surface area contributed by atoms with Gasteiger partial charge in [0.25, 0.3) is 0 Å². The average Bonchev–Trinajstić information content (AvgIpc) is 3.04. The molecule has 2 heterocycles. The minimum atomic E-state index is -0.568. The van der Waals surface area contributed by atoms with Gasteiger partial charge in [0.15, 0.2) is 17.5 Å². The Morgan fingerprint density at radius 2 is 2.09 bits per heavy atom. The van der Waals surface area contributed by atoms with Crippen LogP contribution >= 0.6 is 0 Å². The van der Waals surface area contributed by atoms with Gasteiger partial charge in [0.1, 0.15) is 0 Å². The predicted molar refractivity (Wildman–Crippen MR) is 85.4 cm³/mol. The van der Waals surface area contributed by atoms with Gasteiger partial charge in [0.05, 0.1) is 24.1 Å². The van der Waals surface area contributed by atoms with Crippen LogP contribution in [-0.2, 0) is 13.0 Å². The topological polar surface area (TPSA) is 67.0 Å². The highest BCUT2D eigenvalue weighted by atomic mass is 16.5. The molecule has 2 aromatic heterocycles. The third-order valence-electron chi connectivity index (χ3n) is 4.46. The molecule has 0 bridgehead atoms. The van der Waals surface area contributed by atoms with E-state index in [1.807, 2.05) is 53.9 Å². The Labute approximate surface area is 133 Å². The van der Waals surface area contributed by atoms with Gasteiger partial charge in [-0.05, 0) is 30.2 Å². The molecule has 2 N–H and O–H groups in total. The Morgan fingerprint density at radius 1 is 1.26 bits per heavy atom. The summed E-state index contributed by atoms with van der Waals surface area (Å²) in [6.45, 7) is 1.79. The number of benzene rings is 1. The number of aliphatic hydroxyl groups is 2. The number of pyridine rings is 1. The quantitative estimate of drug-likeness (QED) is 0.778. The molecule has 4 rings (SSSR count). The standard InChI is InChI=1S/C18H18N2O3/c1-11-14(10-21)20-8-4-7-16(18(20)19-11)23-17-13-6-3-2-5-12(13)9-15(17)22/h2-8,15,17,21-22H,9-10H2,1H3/t15-,17+/m0/s1. The first kappa shape index (κ1) is 14.2. The van der Waals surface area contributed by atoms with Gasteiger partial charge < -0.3 is 14.9 Å². The molecule has 1 aromatic carbocycles. The van der Waals surface area contributed by atoms with E-state index in [0.717, 1.165) is 22.5 Å². The molecule has 2 atom stereocenters. The molecule has 0 aliphatic heterocycles. The van der Waals surface area contributed by atoms with Gasteiger partial charge in [-0.2, -0.15) is 0 Å². The Balaban J connectivity index is 1.77. The molecule has 5 heteroatoms. The molecule has 1 aliphatic rings. The van der Waals surface area contributed by atoms with Crippen molar-refractivity contribution in [2.75, 3.05) is 0 Å². The minimum absolute atomic E-state index is 0.0780. The molecule has 3 aromatic rings. The minimum Gasteiger partial charge on any atom is -0.479 e. The Kier molecular flexibility index (Phi) is 3.32. The first-order valence-electron chi connectivity index (χ1n) is 7.69. The van der Waals surface area contributed by atoms with Crippen LogP contribution in [0.5, 0.6) is 5.75 Å². The van der Waals surface area contributed by atoms with Gasteiger partial charge in [0, 0.05) is 12.6 Å². The first-order valence-corrected chi connectivity index (χ1v) is 7.69. The molecule has 0 spiro atoms. The van der Waals surface area contributed by atoms with Gasteiger partial charge in [-0.3, -0.25) is 4.40 Å². The van der Waals surface area contributed by atoms with Crippen LogP contribution in [-0.4, -0.2) is 25.7 Å². The van der Waals surface area contributed by atoms with Crippen molar-refractivity contribution in [3.63, 3.8) is 0 Å². The monoisotopic (exact) mass is 310 g/mol. The normalized spacial score (nSPS) is 20.0. The summed E-state index contributed by atoms with van der Waals surface area (Å²) >= 11 is 0. The summed E-state index contributed by atoms with van der Waals surface area (Å²) in [4.78, 5) is 4.50. The smallest absolute Gasteiger partial charge is 0.180 e. The van der Waals surface area contributed by atoms with E-state index in [-0.39, 0.29) is 6.61 Å². The molecular formula is C18H18N2O3. The molecule has 0 saturated heterocycles. The van der Waals surface area contributed by atoms with Crippen LogP contribution in [0.1, 0.15) is 28.6 Å². The van der Waals surface area contributed by atoms with E-state index in [2.05, 4.69) is 4.98 Å². The molecule has 0 fully saturated rings. The van der Waals surface area contributed by atoms with Gasteiger partial charge in [-0.25, -0.2) is 4.98 Å². The number of ether oxygens (including phenoxy) is 1. The molecule has 5 nitrogen and oxygen atoms in total. The fraction of sp³-hybridized carbons (Fsp3) is 0.278. The zero-order chi connectivity index (χ0) is 16.0. The van der Waals surface area contributed by atoms with Crippen LogP contribution in [0.25, 0.3) is 5.65 Å². The second kappa shape index (κ2) is 5.37. The Bertz CT molecular complexity index is 872. The SMILES string of the molecule is Cc1nc2c(O[C@@H]3c4ccccc4C[C@@H]3O)cccn2c1CO. The maximum atomic E-state index is 10.4. The van der Waals surface area contributed by atoms with E-state index in [1.54, 1.807) is 0 Å². The number of aliphatic hydroxyl groups excluding tert-OH is 2. The third kappa shape index (κ3) is 2.20. The van der Waals surface area contributed by atoms with Crippen molar-refractivity contribution < 1.29 is 14.9 Å². The highest BCUT2D eigenvalue weighted by Crippen LogP contribution is 2.36. The number of fused-ring (bicyclic) bond motifs is 2. The highest BCUT2D eigenvalue weighted by molar-refractivity contribution is 5.56. The molecule has 23 heavy (non-hydrogen) atoms. The Hall–Kier alpha value is -2.37. The number of hydrogen-bond donors (Lipinski definition) is 2. The van der Waals surface area contributed by atoms with E-state index >= 15 is 0 Å². The molecule has 0 radical (unpaired) electrons. The number of rotatable bonds is 3. The van der Waals surface area contributed by atoms with Crippen molar-refractivity contribution in [3.8, 4) is 5.75 Å².